The second-order valence-electron chi connectivity index (χ2n) is 2.45. The van der Waals surface area contributed by atoms with Crippen molar-refractivity contribution in [3.63, 3.8) is 0 Å². The van der Waals surface area contributed by atoms with Crippen molar-refractivity contribution in [2.45, 2.75) is 6.42 Å². The highest BCUT2D eigenvalue weighted by atomic mass is 127. The van der Waals surface area contributed by atoms with Crippen molar-refractivity contribution in [3.05, 3.63) is 35.9 Å². The summed E-state index contributed by atoms with van der Waals surface area (Å²) in [5.41, 5.74) is 0.420. The van der Waals surface area contributed by atoms with Crippen LogP contribution in [0.1, 0.15) is 5.56 Å². The molecule has 0 atom stereocenters. The van der Waals surface area contributed by atoms with E-state index in [1.54, 1.807) is 6.07 Å². The van der Waals surface area contributed by atoms with Crippen LogP contribution in [0.5, 0.6) is 0 Å². The first-order valence-electron chi connectivity index (χ1n) is 3.56. The molecule has 0 bridgehead atoms. The Labute approximate surface area is 102 Å². The van der Waals surface area contributed by atoms with Crippen LogP contribution in [0.3, 0.4) is 0 Å². The Kier molecular flexibility index (Phi) is 3.83. The highest BCUT2D eigenvalue weighted by molar-refractivity contribution is 14.1. The minimum Gasteiger partial charge on any atom is -0.258 e. The molecular formula is C8H4BrIN2O2. The van der Waals surface area contributed by atoms with Gasteiger partial charge in [0.2, 0.25) is 0 Å². The number of halogens is 2. The maximum atomic E-state index is 10.6. The summed E-state index contributed by atoms with van der Waals surface area (Å²) < 4.78 is 1.49. The standard InChI is InChI=1S/C8H4BrIN2O2/c9-8-5(3-4-11)7(12(13)14)2-1-6(8)10/h1-2H,3H2. The molecule has 1 aromatic rings. The second kappa shape index (κ2) is 4.70. The van der Waals surface area contributed by atoms with Gasteiger partial charge in [0.25, 0.3) is 5.69 Å². The van der Waals surface area contributed by atoms with Gasteiger partial charge >= 0.3 is 0 Å². The smallest absolute Gasteiger partial charge is 0.258 e. The van der Waals surface area contributed by atoms with Crippen LogP contribution in [0.25, 0.3) is 0 Å². The number of nitrogens with zero attached hydrogens (tertiary/aromatic N) is 2. The van der Waals surface area contributed by atoms with E-state index in [2.05, 4.69) is 38.5 Å². The lowest BCUT2D eigenvalue weighted by Crippen LogP contribution is -1.97. The van der Waals surface area contributed by atoms with Crippen LogP contribution >= 0.6 is 38.5 Å². The van der Waals surface area contributed by atoms with Gasteiger partial charge in [0.1, 0.15) is 0 Å². The van der Waals surface area contributed by atoms with Gasteiger partial charge in [-0.15, -0.1) is 0 Å². The van der Waals surface area contributed by atoms with Crippen molar-refractivity contribution in [2.24, 2.45) is 0 Å². The van der Waals surface area contributed by atoms with Crippen molar-refractivity contribution < 1.29 is 4.92 Å². The molecule has 0 aliphatic rings. The molecule has 0 saturated carbocycles. The van der Waals surface area contributed by atoms with Crippen LogP contribution in [-0.4, -0.2) is 4.92 Å². The van der Waals surface area contributed by atoms with E-state index in [0.29, 0.717) is 10.0 Å². The van der Waals surface area contributed by atoms with Gasteiger partial charge in [-0.1, -0.05) is 0 Å². The van der Waals surface area contributed by atoms with E-state index in [9.17, 15) is 10.1 Å². The fourth-order valence-electron chi connectivity index (χ4n) is 1.00. The van der Waals surface area contributed by atoms with Crippen molar-refractivity contribution >= 4 is 44.2 Å². The lowest BCUT2D eigenvalue weighted by molar-refractivity contribution is -0.385. The average Bonchev–Trinajstić information content (AvgIpc) is 2.13. The minimum absolute atomic E-state index is 0.0150. The highest BCUT2D eigenvalue weighted by Crippen LogP contribution is 2.31. The third-order valence-electron chi connectivity index (χ3n) is 1.62. The van der Waals surface area contributed by atoms with Crippen LogP contribution in [0, 0.1) is 25.0 Å². The molecule has 14 heavy (non-hydrogen) atoms. The number of nitro benzene ring substituents is 1. The largest absolute Gasteiger partial charge is 0.274 e. The predicted octanol–water partition coefficient (Wildman–Crippen LogP) is 3.03. The quantitative estimate of drug-likeness (QED) is 0.459. The summed E-state index contributed by atoms with van der Waals surface area (Å²) in [5, 5.41) is 19.2. The number of benzene rings is 1. The van der Waals surface area contributed by atoms with E-state index in [-0.39, 0.29) is 12.1 Å². The summed E-state index contributed by atoms with van der Waals surface area (Å²) in [7, 11) is 0. The predicted molar refractivity (Wildman–Crippen MR) is 62.8 cm³/mol. The van der Waals surface area contributed by atoms with Crippen LogP contribution in [-0.2, 0) is 6.42 Å². The molecule has 72 valence electrons. The number of hydrogen-bond donors (Lipinski definition) is 0. The van der Waals surface area contributed by atoms with E-state index in [1.165, 1.54) is 6.07 Å². The van der Waals surface area contributed by atoms with Gasteiger partial charge in [-0.2, -0.15) is 5.26 Å². The van der Waals surface area contributed by atoms with E-state index in [4.69, 9.17) is 5.26 Å². The molecule has 0 spiro atoms. The summed E-state index contributed by atoms with van der Waals surface area (Å²) in [6.07, 6.45) is 0.0355. The molecule has 0 saturated heterocycles. The molecule has 0 aliphatic heterocycles. The number of nitriles is 1. The monoisotopic (exact) mass is 366 g/mol. The fourth-order valence-corrected chi connectivity index (χ4v) is 1.98. The number of nitro groups is 1. The lowest BCUT2D eigenvalue weighted by Gasteiger charge is -2.03. The van der Waals surface area contributed by atoms with Gasteiger partial charge in [-0.3, -0.25) is 10.1 Å². The Morgan fingerprint density at radius 2 is 2.29 bits per heavy atom. The van der Waals surface area contributed by atoms with E-state index in [0.717, 1.165) is 3.57 Å². The molecular weight excluding hydrogens is 363 g/mol. The van der Waals surface area contributed by atoms with E-state index < -0.39 is 4.92 Å². The Hall–Kier alpha value is -0.680. The summed E-state index contributed by atoms with van der Waals surface area (Å²) in [6, 6.07) is 4.97. The molecule has 0 amide bonds. The molecule has 6 heteroatoms. The molecule has 0 radical (unpaired) electrons. The molecule has 0 unspecified atom stereocenters. The first-order chi connectivity index (χ1) is 6.57. The van der Waals surface area contributed by atoms with Crippen molar-refractivity contribution in [2.75, 3.05) is 0 Å². The summed E-state index contributed by atoms with van der Waals surface area (Å²) >= 11 is 5.29. The second-order valence-corrected chi connectivity index (χ2v) is 4.41. The van der Waals surface area contributed by atoms with Crippen LogP contribution in [0.4, 0.5) is 5.69 Å². The Morgan fingerprint density at radius 1 is 1.64 bits per heavy atom. The molecule has 0 heterocycles. The summed E-state index contributed by atoms with van der Waals surface area (Å²) in [5.74, 6) is 0. The molecule has 1 aromatic carbocycles. The van der Waals surface area contributed by atoms with Crippen LogP contribution < -0.4 is 0 Å². The molecule has 4 nitrogen and oxygen atoms in total. The van der Waals surface area contributed by atoms with Crippen LogP contribution in [0.15, 0.2) is 16.6 Å². The summed E-state index contributed by atoms with van der Waals surface area (Å²) in [4.78, 5) is 10.2. The first kappa shape index (κ1) is 11.4. The summed E-state index contributed by atoms with van der Waals surface area (Å²) in [6.45, 7) is 0. The Bertz CT molecular complexity index is 428. The van der Waals surface area contributed by atoms with Crippen molar-refractivity contribution in [1.82, 2.24) is 0 Å². The zero-order valence-corrected chi connectivity index (χ0v) is 10.6. The van der Waals surface area contributed by atoms with Gasteiger partial charge < -0.3 is 0 Å². The van der Waals surface area contributed by atoms with E-state index >= 15 is 0 Å². The van der Waals surface area contributed by atoms with Crippen molar-refractivity contribution in [3.8, 4) is 6.07 Å². The molecule has 0 fully saturated rings. The molecule has 0 N–H and O–H groups in total. The van der Waals surface area contributed by atoms with Crippen LogP contribution in [0.2, 0.25) is 0 Å². The van der Waals surface area contributed by atoms with Crippen molar-refractivity contribution in [1.29, 1.82) is 5.26 Å². The van der Waals surface area contributed by atoms with E-state index in [1.807, 2.05) is 6.07 Å². The highest BCUT2D eigenvalue weighted by Gasteiger charge is 2.17. The van der Waals surface area contributed by atoms with Gasteiger partial charge in [0.15, 0.2) is 0 Å². The number of hydrogen-bond acceptors (Lipinski definition) is 3. The Morgan fingerprint density at radius 3 is 2.79 bits per heavy atom. The number of rotatable bonds is 2. The lowest BCUT2D eigenvalue weighted by atomic mass is 10.1. The topological polar surface area (TPSA) is 66.9 Å². The zero-order chi connectivity index (χ0) is 10.7. The van der Waals surface area contributed by atoms with Gasteiger partial charge in [-0.25, -0.2) is 0 Å². The Balaban J connectivity index is 3.39. The maximum Gasteiger partial charge on any atom is 0.274 e. The molecule has 0 aromatic heterocycles. The average molecular weight is 367 g/mol. The zero-order valence-electron chi connectivity index (χ0n) is 6.83. The SMILES string of the molecule is N#CCc1c([N+](=O)[O-])ccc(I)c1Br. The van der Waals surface area contributed by atoms with Gasteiger partial charge in [0.05, 0.1) is 23.0 Å². The minimum atomic E-state index is -0.479. The third kappa shape index (κ3) is 2.22. The van der Waals surface area contributed by atoms with Gasteiger partial charge in [0, 0.05) is 14.1 Å². The maximum absolute atomic E-state index is 10.6. The van der Waals surface area contributed by atoms with Gasteiger partial charge in [-0.05, 0) is 44.6 Å². The third-order valence-corrected chi connectivity index (χ3v) is 4.17. The fraction of sp³-hybridized carbons (Fsp3) is 0.125. The normalized spacial score (nSPS) is 9.50. The molecule has 1 rings (SSSR count). The first-order valence-corrected chi connectivity index (χ1v) is 5.43. The molecule has 0 aliphatic carbocycles.